The summed E-state index contributed by atoms with van der Waals surface area (Å²) in [4.78, 5) is 10.2. The number of carbonyl (C=O) groups excluding carboxylic acids is 1. The van der Waals surface area contributed by atoms with E-state index in [-0.39, 0.29) is 6.17 Å². The Morgan fingerprint density at radius 2 is 2.33 bits per heavy atom. The molecule has 0 saturated heterocycles. The third kappa shape index (κ3) is 1.08. The van der Waals surface area contributed by atoms with E-state index in [1.54, 1.807) is 0 Å². The summed E-state index contributed by atoms with van der Waals surface area (Å²) < 4.78 is 0. The smallest absolute Gasteiger partial charge is 0.230 e. The van der Waals surface area contributed by atoms with Crippen LogP contribution in [0.2, 0.25) is 0 Å². The molecule has 1 unspecified atom stereocenters. The van der Waals surface area contributed by atoms with Crippen LogP contribution in [0.15, 0.2) is 24.3 Å². The number of amides is 1. The summed E-state index contributed by atoms with van der Waals surface area (Å²) in [5, 5.41) is 6.90. The summed E-state index contributed by atoms with van der Waals surface area (Å²) in [6, 6.07) is 7.98. The molecule has 0 saturated carbocycles. The largest absolute Gasteiger partial charge is 0.288 e. The molecule has 1 N–H and O–H groups in total. The van der Waals surface area contributed by atoms with Gasteiger partial charge in [-0.3, -0.25) is 10.1 Å². The van der Waals surface area contributed by atoms with Crippen molar-refractivity contribution in [1.82, 2.24) is 10.6 Å². The van der Waals surface area contributed by atoms with E-state index in [4.69, 9.17) is 0 Å². The molecule has 0 bridgehead atoms. The van der Waals surface area contributed by atoms with Crippen LogP contribution in [0.4, 0.5) is 0 Å². The Morgan fingerprint density at radius 1 is 1.50 bits per heavy atom. The third-order valence-corrected chi connectivity index (χ3v) is 2.05. The molecule has 0 aromatic heterocycles. The predicted octanol–water partition coefficient (Wildman–Crippen LogP) is 0.549. The number of nitrogens with zero attached hydrogens (tertiary/aromatic N) is 1. The summed E-state index contributed by atoms with van der Waals surface area (Å²) in [5.74, 6) is 0. The number of benzene rings is 1. The predicted molar refractivity (Wildman–Crippen MR) is 44.2 cm³/mol. The molecule has 2 rings (SSSR count). The Kier molecular flexibility index (Phi) is 1.80. The number of carbonyl (C=O) groups is 1. The van der Waals surface area contributed by atoms with Gasteiger partial charge in [0.15, 0.2) is 0 Å². The topological polar surface area (TPSA) is 43.2 Å². The van der Waals surface area contributed by atoms with Gasteiger partial charge < -0.3 is 0 Å². The monoisotopic (exact) mass is 161 g/mol. The van der Waals surface area contributed by atoms with Gasteiger partial charge in [0, 0.05) is 6.54 Å². The molecular weight excluding hydrogens is 152 g/mol. The van der Waals surface area contributed by atoms with Gasteiger partial charge in [-0.1, -0.05) is 24.3 Å². The van der Waals surface area contributed by atoms with Crippen molar-refractivity contribution >= 4 is 6.41 Å². The van der Waals surface area contributed by atoms with Crippen LogP contribution in [0.1, 0.15) is 17.3 Å². The Morgan fingerprint density at radius 3 is 3.17 bits per heavy atom. The lowest BCUT2D eigenvalue weighted by Crippen LogP contribution is -2.21. The first kappa shape index (κ1) is 7.31. The summed E-state index contributed by atoms with van der Waals surface area (Å²) in [6.07, 6.45) is 0.471. The van der Waals surface area contributed by atoms with Gasteiger partial charge in [0.1, 0.15) is 6.17 Å². The van der Waals surface area contributed by atoms with Crippen molar-refractivity contribution in [3.8, 4) is 0 Å². The third-order valence-electron chi connectivity index (χ3n) is 2.05. The van der Waals surface area contributed by atoms with E-state index < -0.39 is 0 Å². The van der Waals surface area contributed by atoms with Crippen molar-refractivity contribution in [2.24, 2.45) is 0 Å². The van der Waals surface area contributed by atoms with Crippen LogP contribution in [0, 0.1) is 0 Å². The Bertz CT molecular complexity index is 298. The lowest BCUT2D eigenvalue weighted by molar-refractivity contribution is -0.110. The molecule has 1 amide bonds. The molecule has 1 aromatic carbocycles. The van der Waals surface area contributed by atoms with Crippen molar-refractivity contribution < 1.29 is 4.79 Å². The summed E-state index contributed by atoms with van der Waals surface area (Å²) >= 11 is 0. The number of hydrogen-bond donors (Lipinski definition) is 1. The van der Waals surface area contributed by atoms with Crippen molar-refractivity contribution in [3.05, 3.63) is 35.4 Å². The average Bonchev–Trinajstić information content (AvgIpc) is 2.50. The normalized spacial score (nSPS) is 20.2. The minimum atomic E-state index is -0.126. The van der Waals surface area contributed by atoms with E-state index in [9.17, 15) is 4.79 Å². The van der Waals surface area contributed by atoms with Crippen LogP contribution >= 0.6 is 0 Å². The van der Waals surface area contributed by atoms with Gasteiger partial charge in [0.25, 0.3) is 0 Å². The molecule has 0 aliphatic carbocycles. The van der Waals surface area contributed by atoms with Crippen molar-refractivity contribution in [1.29, 1.82) is 0 Å². The zero-order valence-electron chi connectivity index (χ0n) is 6.53. The minimum Gasteiger partial charge on any atom is -0.288 e. The maximum atomic E-state index is 10.2. The van der Waals surface area contributed by atoms with E-state index in [1.807, 2.05) is 24.3 Å². The molecule has 1 heterocycles. The molecule has 12 heavy (non-hydrogen) atoms. The Balaban J connectivity index is 2.29. The summed E-state index contributed by atoms with van der Waals surface area (Å²) in [5.41, 5.74) is 2.35. The van der Waals surface area contributed by atoms with Crippen molar-refractivity contribution in [3.63, 3.8) is 0 Å². The molecular formula is C9H9N2O. The highest BCUT2D eigenvalue weighted by Crippen LogP contribution is 2.22. The van der Waals surface area contributed by atoms with Crippen LogP contribution < -0.4 is 10.6 Å². The molecule has 0 fully saturated rings. The fraction of sp³-hybridized carbons (Fsp3) is 0.222. The van der Waals surface area contributed by atoms with Crippen molar-refractivity contribution in [2.75, 3.05) is 0 Å². The van der Waals surface area contributed by atoms with E-state index in [2.05, 4.69) is 10.6 Å². The van der Waals surface area contributed by atoms with Crippen LogP contribution in [-0.2, 0) is 11.3 Å². The van der Waals surface area contributed by atoms with Gasteiger partial charge in [0.05, 0.1) is 0 Å². The first-order valence-corrected chi connectivity index (χ1v) is 3.86. The molecule has 3 nitrogen and oxygen atoms in total. The van der Waals surface area contributed by atoms with Gasteiger partial charge in [-0.05, 0) is 11.1 Å². The van der Waals surface area contributed by atoms with E-state index in [0.717, 1.165) is 12.1 Å². The second kappa shape index (κ2) is 2.95. The first-order chi connectivity index (χ1) is 5.92. The second-order valence-electron chi connectivity index (χ2n) is 2.74. The zero-order valence-corrected chi connectivity index (χ0v) is 6.53. The molecule has 1 aliphatic rings. The van der Waals surface area contributed by atoms with E-state index >= 15 is 0 Å². The van der Waals surface area contributed by atoms with E-state index in [1.165, 1.54) is 5.56 Å². The number of nitrogens with one attached hydrogen (secondary N) is 1. The molecule has 61 valence electrons. The standard InChI is InChI=1S/C9H9N2O/c12-6-11-9-8-4-2-1-3-7(8)5-10-9/h1-4,6,9-10H,5H2. The molecule has 1 aromatic rings. The lowest BCUT2D eigenvalue weighted by atomic mass is 10.1. The quantitative estimate of drug-likeness (QED) is 0.643. The highest BCUT2D eigenvalue weighted by Gasteiger charge is 2.20. The van der Waals surface area contributed by atoms with Gasteiger partial charge in [-0.25, -0.2) is 5.32 Å². The molecule has 0 spiro atoms. The molecule has 1 aliphatic heterocycles. The minimum absolute atomic E-state index is 0.126. The van der Waals surface area contributed by atoms with Gasteiger partial charge in [-0.2, -0.15) is 0 Å². The highest BCUT2D eigenvalue weighted by atomic mass is 16.1. The Hall–Kier alpha value is -1.35. The van der Waals surface area contributed by atoms with Crippen molar-refractivity contribution in [2.45, 2.75) is 12.7 Å². The fourth-order valence-electron chi connectivity index (χ4n) is 1.47. The zero-order chi connectivity index (χ0) is 8.39. The number of hydrogen-bond acceptors (Lipinski definition) is 2. The van der Waals surface area contributed by atoms with E-state index in [0.29, 0.717) is 6.41 Å². The van der Waals surface area contributed by atoms with Crippen LogP contribution in [0.5, 0.6) is 0 Å². The van der Waals surface area contributed by atoms with Crippen LogP contribution in [-0.4, -0.2) is 6.41 Å². The summed E-state index contributed by atoms with van der Waals surface area (Å²) in [7, 11) is 0. The highest BCUT2D eigenvalue weighted by molar-refractivity contribution is 5.48. The molecule has 1 atom stereocenters. The average molecular weight is 161 g/mol. The SMILES string of the molecule is O=C[N]C1NCc2ccccc21. The maximum Gasteiger partial charge on any atom is 0.230 e. The number of rotatable bonds is 2. The van der Waals surface area contributed by atoms with Crippen LogP contribution in [0.3, 0.4) is 0 Å². The number of fused-ring (bicyclic) bond motifs is 1. The molecule has 1 radical (unpaired) electrons. The molecule has 3 heteroatoms. The maximum absolute atomic E-state index is 10.2. The second-order valence-corrected chi connectivity index (χ2v) is 2.74. The Labute approximate surface area is 70.8 Å². The van der Waals surface area contributed by atoms with Gasteiger partial charge in [-0.15, -0.1) is 0 Å². The fourth-order valence-corrected chi connectivity index (χ4v) is 1.47. The first-order valence-electron chi connectivity index (χ1n) is 3.86. The lowest BCUT2D eigenvalue weighted by Gasteiger charge is -2.06. The van der Waals surface area contributed by atoms with Crippen LogP contribution in [0.25, 0.3) is 0 Å². The summed E-state index contributed by atoms with van der Waals surface area (Å²) in [6.45, 7) is 0.804. The van der Waals surface area contributed by atoms with Gasteiger partial charge >= 0.3 is 0 Å². The van der Waals surface area contributed by atoms with Gasteiger partial charge in [0.2, 0.25) is 6.41 Å².